The maximum absolute atomic E-state index is 11.4. The molecule has 0 aromatic heterocycles. The Labute approximate surface area is 78.2 Å². The molecule has 0 N–H and O–H groups in total. The molecule has 68 valence electrons. The van der Waals surface area contributed by atoms with Gasteiger partial charge in [-0.05, 0) is 18.1 Å². The SMILES string of the molecule is Cc1ccc2c(c1)CC(=O)N(C)C2. The fourth-order valence-electron chi connectivity index (χ4n) is 1.72. The number of benzene rings is 1. The first-order valence-corrected chi connectivity index (χ1v) is 4.49. The van der Waals surface area contributed by atoms with Crippen molar-refractivity contribution < 1.29 is 4.79 Å². The van der Waals surface area contributed by atoms with Gasteiger partial charge in [-0.1, -0.05) is 23.8 Å². The zero-order valence-electron chi connectivity index (χ0n) is 8.00. The van der Waals surface area contributed by atoms with E-state index in [0.717, 1.165) is 6.54 Å². The summed E-state index contributed by atoms with van der Waals surface area (Å²) in [6.07, 6.45) is 0.563. The topological polar surface area (TPSA) is 20.3 Å². The number of likely N-dealkylation sites (N-methyl/N-ethyl adjacent to an activating group) is 1. The van der Waals surface area contributed by atoms with Crippen molar-refractivity contribution in [2.45, 2.75) is 19.9 Å². The molecule has 1 aliphatic rings. The molecular weight excluding hydrogens is 162 g/mol. The highest BCUT2D eigenvalue weighted by atomic mass is 16.2. The molecule has 2 heteroatoms. The summed E-state index contributed by atoms with van der Waals surface area (Å²) in [5, 5.41) is 0. The van der Waals surface area contributed by atoms with E-state index in [2.05, 4.69) is 25.1 Å². The molecule has 1 aromatic rings. The first-order valence-electron chi connectivity index (χ1n) is 4.49. The molecular formula is C11H13NO. The zero-order chi connectivity index (χ0) is 9.42. The van der Waals surface area contributed by atoms with Crippen LogP contribution in [0.15, 0.2) is 18.2 Å². The summed E-state index contributed by atoms with van der Waals surface area (Å²) in [6.45, 7) is 2.82. The van der Waals surface area contributed by atoms with E-state index in [4.69, 9.17) is 0 Å². The lowest BCUT2D eigenvalue weighted by Gasteiger charge is -2.25. The van der Waals surface area contributed by atoms with Gasteiger partial charge in [0, 0.05) is 13.6 Å². The van der Waals surface area contributed by atoms with Crippen molar-refractivity contribution in [3.63, 3.8) is 0 Å². The van der Waals surface area contributed by atoms with E-state index < -0.39 is 0 Å². The Morgan fingerprint density at radius 1 is 1.31 bits per heavy atom. The molecule has 0 spiro atoms. The van der Waals surface area contributed by atoms with Crippen LogP contribution in [0.5, 0.6) is 0 Å². The lowest BCUT2D eigenvalue weighted by Crippen LogP contribution is -2.32. The Hall–Kier alpha value is -1.31. The molecule has 0 saturated heterocycles. The summed E-state index contributed by atoms with van der Waals surface area (Å²) in [6, 6.07) is 6.33. The van der Waals surface area contributed by atoms with Gasteiger partial charge in [-0.25, -0.2) is 0 Å². The van der Waals surface area contributed by atoms with Crippen LogP contribution in [0.1, 0.15) is 16.7 Å². The average Bonchev–Trinajstić information content (AvgIpc) is 2.08. The van der Waals surface area contributed by atoms with Gasteiger partial charge in [-0.2, -0.15) is 0 Å². The minimum absolute atomic E-state index is 0.220. The Kier molecular flexibility index (Phi) is 1.83. The predicted octanol–water partition coefficient (Wildman–Crippen LogP) is 1.51. The van der Waals surface area contributed by atoms with Gasteiger partial charge in [-0.3, -0.25) is 4.79 Å². The summed E-state index contributed by atoms with van der Waals surface area (Å²) in [7, 11) is 1.85. The molecule has 0 aliphatic carbocycles. The maximum atomic E-state index is 11.4. The molecule has 1 aliphatic heterocycles. The molecule has 0 radical (unpaired) electrons. The highest BCUT2D eigenvalue weighted by Gasteiger charge is 2.19. The number of carbonyl (C=O) groups is 1. The van der Waals surface area contributed by atoms with Gasteiger partial charge in [0.15, 0.2) is 0 Å². The van der Waals surface area contributed by atoms with Crippen LogP contribution in [0.2, 0.25) is 0 Å². The lowest BCUT2D eigenvalue weighted by atomic mass is 9.98. The summed E-state index contributed by atoms with van der Waals surface area (Å²) in [5.41, 5.74) is 3.71. The number of amides is 1. The molecule has 2 rings (SSSR count). The average molecular weight is 175 g/mol. The molecule has 0 fully saturated rings. The Morgan fingerprint density at radius 3 is 2.85 bits per heavy atom. The Morgan fingerprint density at radius 2 is 2.08 bits per heavy atom. The largest absolute Gasteiger partial charge is 0.341 e. The monoisotopic (exact) mass is 175 g/mol. The van der Waals surface area contributed by atoms with Gasteiger partial charge in [0.25, 0.3) is 0 Å². The molecule has 0 saturated carbocycles. The summed E-state index contributed by atoms with van der Waals surface area (Å²) >= 11 is 0. The minimum atomic E-state index is 0.220. The van der Waals surface area contributed by atoms with Gasteiger partial charge in [-0.15, -0.1) is 0 Å². The van der Waals surface area contributed by atoms with Crippen molar-refractivity contribution in [1.82, 2.24) is 4.90 Å². The van der Waals surface area contributed by atoms with Crippen LogP contribution in [-0.4, -0.2) is 17.9 Å². The second-order valence-corrected chi connectivity index (χ2v) is 3.70. The predicted molar refractivity (Wildman–Crippen MR) is 51.4 cm³/mol. The summed E-state index contributed by atoms with van der Waals surface area (Å²) in [4.78, 5) is 13.2. The Bertz CT molecular complexity index is 357. The number of hydrogen-bond acceptors (Lipinski definition) is 1. The third-order valence-electron chi connectivity index (χ3n) is 2.54. The van der Waals surface area contributed by atoms with Crippen molar-refractivity contribution in [2.24, 2.45) is 0 Å². The Balaban J connectivity index is 2.42. The normalized spacial score (nSPS) is 15.8. The first kappa shape index (κ1) is 8.30. The van der Waals surface area contributed by atoms with Gasteiger partial charge in [0.2, 0.25) is 5.91 Å². The first-order chi connectivity index (χ1) is 6.16. The highest BCUT2D eigenvalue weighted by molar-refractivity contribution is 5.80. The van der Waals surface area contributed by atoms with Crippen LogP contribution < -0.4 is 0 Å². The van der Waals surface area contributed by atoms with E-state index in [1.165, 1.54) is 16.7 Å². The maximum Gasteiger partial charge on any atom is 0.227 e. The van der Waals surface area contributed by atoms with Crippen molar-refractivity contribution in [2.75, 3.05) is 7.05 Å². The van der Waals surface area contributed by atoms with Crippen LogP contribution in [0.4, 0.5) is 0 Å². The molecule has 1 heterocycles. The van der Waals surface area contributed by atoms with Crippen LogP contribution in [-0.2, 0) is 17.8 Å². The molecule has 13 heavy (non-hydrogen) atoms. The van der Waals surface area contributed by atoms with Gasteiger partial charge < -0.3 is 4.90 Å². The van der Waals surface area contributed by atoms with E-state index in [1.54, 1.807) is 4.90 Å². The van der Waals surface area contributed by atoms with Gasteiger partial charge in [0.1, 0.15) is 0 Å². The second kappa shape index (κ2) is 2.87. The van der Waals surface area contributed by atoms with Crippen molar-refractivity contribution in [3.8, 4) is 0 Å². The third kappa shape index (κ3) is 1.44. The number of carbonyl (C=O) groups excluding carboxylic acids is 1. The van der Waals surface area contributed by atoms with Gasteiger partial charge >= 0.3 is 0 Å². The fraction of sp³-hybridized carbons (Fsp3) is 0.364. The van der Waals surface area contributed by atoms with Crippen LogP contribution in [0.3, 0.4) is 0 Å². The summed E-state index contributed by atoms with van der Waals surface area (Å²) in [5.74, 6) is 0.220. The number of rotatable bonds is 0. The molecule has 0 unspecified atom stereocenters. The number of fused-ring (bicyclic) bond motifs is 1. The molecule has 0 atom stereocenters. The van der Waals surface area contributed by atoms with Crippen molar-refractivity contribution in [1.29, 1.82) is 0 Å². The lowest BCUT2D eigenvalue weighted by molar-refractivity contribution is -0.130. The van der Waals surface area contributed by atoms with E-state index in [-0.39, 0.29) is 5.91 Å². The quantitative estimate of drug-likeness (QED) is 0.585. The zero-order valence-corrected chi connectivity index (χ0v) is 8.00. The minimum Gasteiger partial charge on any atom is -0.341 e. The highest BCUT2D eigenvalue weighted by Crippen LogP contribution is 2.19. The van der Waals surface area contributed by atoms with E-state index >= 15 is 0 Å². The fourth-order valence-corrected chi connectivity index (χ4v) is 1.72. The van der Waals surface area contributed by atoms with Crippen LogP contribution in [0.25, 0.3) is 0 Å². The third-order valence-corrected chi connectivity index (χ3v) is 2.54. The smallest absolute Gasteiger partial charge is 0.227 e. The molecule has 1 amide bonds. The van der Waals surface area contributed by atoms with E-state index in [9.17, 15) is 4.79 Å². The summed E-state index contributed by atoms with van der Waals surface area (Å²) < 4.78 is 0. The van der Waals surface area contributed by atoms with Gasteiger partial charge in [0.05, 0.1) is 6.42 Å². The van der Waals surface area contributed by atoms with E-state index in [0.29, 0.717) is 6.42 Å². The van der Waals surface area contributed by atoms with Crippen molar-refractivity contribution >= 4 is 5.91 Å². The van der Waals surface area contributed by atoms with E-state index in [1.807, 2.05) is 7.05 Å². The molecule has 1 aromatic carbocycles. The van der Waals surface area contributed by atoms with Crippen LogP contribution in [0, 0.1) is 6.92 Å². The number of nitrogens with zero attached hydrogens (tertiary/aromatic N) is 1. The number of aryl methyl sites for hydroxylation is 1. The van der Waals surface area contributed by atoms with Crippen molar-refractivity contribution in [3.05, 3.63) is 34.9 Å². The van der Waals surface area contributed by atoms with Crippen LogP contribution >= 0.6 is 0 Å². The molecule has 0 bridgehead atoms. The second-order valence-electron chi connectivity index (χ2n) is 3.70. The standard InChI is InChI=1S/C11H13NO/c1-8-3-4-9-7-12(2)11(13)6-10(9)5-8/h3-5H,6-7H2,1-2H3. The number of hydrogen-bond donors (Lipinski definition) is 0. The molecule has 2 nitrogen and oxygen atoms in total.